The number of halogens is 3. The number of nitrogens with one attached hydrogen (secondary N) is 1. The molecule has 1 atom stereocenters. The van der Waals surface area contributed by atoms with Gasteiger partial charge >= 0.3 is 18.1 Å². The number of hydrogen-bond acceptors (Lipinski definition) is 5. The molecule has 3 aromatic rings. The Balaban J connectivity index is 1.67. The third-order valence-corrected chi connectivity index (χ3v) is 5.13. The quantitative estimate of drug-likeness (QED) is 0.372. The molecule has 8 heteroatoms. The van der Waals surface area contributed by atoms with Gasteiger partial charge in [0.25, 0.3) is 0 Å². The number of ether oxygens (including phenoxy) is 2. The molecule has 0 aliphatic heterocycles. The average Bonchev–Trinajstić information content (AvgIpc) is 2.82. The minimum Gasteiger partial charge on any atom is -0.459 e. The Bertz CT molecular complexity index is 1150. The molecule has 0 aliphatic rings. The van der Waals surface area contributed by atoms with Gasteiger partial charge in [-0.1, -0.05) is 54.6 Å². The predicted molar refractivity (Wildman–Crippen MR) is 129 cm³/mol. The van der Waals surface area contributed by atoms with Gasteiger partial charge in [-0.25, -0.2) is 9.59 Å². The van der Waals surface area contributed by atoms with Crippen LogP contribution in [0.2, 0.25) is 0 Å². The Kier molecular flexibility index (Phi) is 8.53. The molecule has 3 aromatic carbocycles. The third-order valence-electron chi connectivity index (χ3n) is 5.13. The van der Waals surface area contributed by atoms with E-state index in [4.69, 9.17) is 9.47 Å². The van der Waals surface area contributed by atoms with E-state index in [2.05, 4.69) is 5.32 Å². The van der Waals surface area contributed by atoms with E-state index in [0.29, 0.717) is 11.1 Å². The van der Waals surface area contributed by atoms with Crippen molar-refractivity contribution in [1.29, 1.82) is 0 Å². The fourth-order valence-corrected chi connectivity index (χ4v) is 3.35. The normalized spacial score (nSPS) is 12.6. The maximum Gasteiger partial charge on any atom is 0.416 e. The summed E-state index contributed by atoms with van der Waals surface area (Å²) < 4.78 is 49.7. The van der Waals surface area contributed by atoms with Gasteiger partial charge in [-0.3, -0.25) is 5.32 Å². The molecule has 1 N–H and O–H groups in total. The zero-order chi connectivity index (χ0) is 26.3. The molecule has 0 saturated carbocycles. The largest absolute Gasteiger partial charge is 0.459 e. The zero-order valence-electron chi connectivity index (χ0n) is 20.3. The molecule has 36 heavy (non-hydrogen) atoms. The lowest BCUT2D eigenvalue weighted by Gasteiger charge is -2.25. The number of esters is 2. The molecule has 190 valence electrons. The summed E-state index contributed by atoms with van der Waals surface area (Å²) in [7, 11) is 0. The van der Waals surface area contributed by atoms with Gasteiger partial charge in [-0.2, -0.15) is 13.2 Å². The maximum absolute atomic E-state index is 13.0. The van der Waals surface area contributed by atoms with Crippen LogP contribution in [0.15, 0.2) is 78.9 Å². The van der Waals surface area contributed by atoms with E-state index in [1.807, 2.05) is 30.3 Å². The highest BCUT2D eigenvalue weighted by atomic mass is 19.4. The average molecular weight is 500 g/mol. The van der Waals surface area contributed by atoms with Gasteiger partial charge in [0.15, 0.2) is 0 Å². The van der Waals surface area contributed by atoms with Crippen molar-refractivity contribution in [3.8, 4) is 0 Å². The van der Waals surface area contributed by atoms with Crippen molar-refractivity contribution in [3.63, 3.8) is 0 Å². The van der Waals surface area contributed by atoms with Crippen molar-refractivity contribution >= 4 is 11.9 Å². The van der Waals surface area contributed by atoms with Crippen molar-refractivity contribution in [2.75, 3.05) is 0 Å². The van der Waals surface area contributed by atoms with Crippen molar-refractivity contribution in [2.45, 2.75) is 51.7 Å². The summed E-state index contributed by atoms with van der Waals surface area (Å²) in [6.45, 7) is 5.51. The Hall–Kier alpha value is -3.65. The van der Waals surface area contributed by atoms with Gasteiger partial charge < -0.3 is 9.47 Å². The van der Waals surface area contributed by atoms with Gasteiger partial charge in [0.1, 0.15) is 18.2 Å². The smallest absolute Gasteiger partial charge is 0.416 e. The highest BCUT2D eigenvalue weighted by Crippen LogP contribution is 2.30. The molecule has 0 aromatic heterocycles. The summed E-state index contributed by atoms with van der Waals surface area (Å²) >= 11 is 0. The second kappa shape index (κ2) is 11.4. The number of carbonyl (C=O) groups excluding carboxylic acids is 2. The molecule has 0 aliphatic carbocycles. The monoisotopic (exact) mass is 499 g/mol. The minimum atomic E-state index is -4.47. The van der Waals surface area contributed by atoms with Gasteiger partial charge in [-0.05, 0) is 61.7 Å². The van der Waals surface area contributed by atoms with Crippen molar-refractivity contribution < 1.29 is 32.2 Å². The molecule has 5 nitrogen and oxygen atoms in total. The Morgan fingerprint density at radius 2 is 1.44 bits per heavy atom. The first-order valence-corrected chi connectivity index (χ1v) is 11.4. The van der Waals surface area contributed by atoms with E-state index in [1.165, 1.54) is 12.1 Å². The van der Waals surface area contributed by atoms with Gasteiger partial charge in [-0.15, -0.1) is 0 Å². The standard InChI is InChI=1S/C28H28F3NO4/c1-27(2,3)36-26(34)24(21-13-15-23(16-14-21)28(29,30)31)32-17-19-9-11-22(12-10-19)25(33)35-18-20-7-5-4-6-8-20/h4-16,24,32H,17-18H2,1-3H3. The van der Waals surface area contributed by atoms with Crippen molar-refractivity contribution in [3.05, 3.63) is 107 Å². The Morgan fingerprint density at radius 1 is 0.833 bits per heavy atom. The summed E-state index contributed by atoms with van der Waals surface area (Å²) in [4.78, 5) is 25.1. The van der Waals surface area contributed by atoms with E-state index in [0.717, 1.165) is 23.3 Å². The first kappa shape index (κ1) is 26.9. The SMILES string of the molecule is CC(C)(C)OC(=O)C(NCc1ccc(C(=O)OCc2ccccc2)cc1)c1ccc(C(F)(F)F)cc1. The van der Waals surface area contributed by atoms with E-state index in [-0.39, 0.29) is 13.2 Å². The second-order valence-electron chi connectivity index (χ2n) is 9.23. The van der Waals surface area contributed by atoms with E-state index in [9.17, 15) is 22.8 Å². The van der Waals surface area contributed by atoms with Gasteiger partial charge in [0.2, 0.25) is 0 Å². The number of benzene rings is 3. The Morgan fingerprint density at radius 3 is 2.00 bits per heavy atom. The topological polar surface area (TPSA) is 64.6 Å². The van der Waals surface area contributed by atoms with Crippen LogP contribution >= 0.6 is 0 Å². The van der Waals surface area contributed by atoms with Crippen LogP contribution in [-0.2, 0) is 33.6 Å². The van der Waals surface area contributed by atoms with Crippen molar-refractivity contribution in [2.24, 2.45) is 0 Å². The fourth-order valence-electron chi connectivity index (χ4n) is 3.35. The molecule has 0 saturated heterocycles. The molecule has 1 unspecified atom stereocenters. The van der Waals surface area contributed by atoms with E-state index >= 15 is 0 Å². The zero-order valence-corrected chi connectivity index (χ0v) is 20.3. The highest BCUT2D eigenvalue weighted by molar-refractivity contribution is 5.89. The molecular weight excluding hydrogens is 471 g/mol. The molecule has 0 radical (unpaired) electrons. The summed E-state index contributed by atoms with van der Waals surface area (Å²) in [6.07, 6.45) is -4.47. The Labute approximate surface area is 208 Å². The highest BCUT2D eigenvalue weighted by Gasteiger charge is 2.31. The maximum atomic E-state index is 13.0. The van der Waals surface area contributed by atoms with E-state index < -0.39 is 35.3 Å². The molecule has 0 spiro atoms. The van der Waals surface area contributed by atoms with Crippen LogP contribution in [0.25, 0.3) is 0 Å². The summed E-state index contributed by atoms with van der Waals surface area (Å²) in [5.74, 6) is -1.07. The third kappa shape index (κ3) is 7.95. The molecule has 3 rings (SSSR count). The lowest BCUT2D eigenvalue weighted by Crippen LogP contribution is -2.34. The van der Waals surface area contributed by atoms with Crippen LogP contribution in [0.5, 0.6) is 0 Å². The summed E-state index contributed by atoms with van der Waals surface area (Å²) in [5, 5.41) is 3.06. The van der Waals surface area contributed by atoms with Crippen LogP contribution in [0, 0.1) is 0 Å². The van der Waals surface area contributed by atoms with Gasteiger partial charge in [0, 0.05) is 6.54 Å². The van der Waals surface area contributed by atoms with Crippen LogP contribution in [-0.4, -0.2) is 17.5 Å². The van der Waals surface area contributed by atoms with E-state index in [1.54, 1.807) is 45.0 Å². The van der Waals surface area contributed by atoms with Crippen molar-refractivity contribution in [1.82, 2.24) is 5.32 Å². The molecule has 0 bridgehead atoms. The molecule has 0 heterocycles. The number of carbonyl (C=O) groups is 2. The first-order chi connectivity index (χ1) is 16.9. The molecular formula is C28H28F3NO4. The molecule has 0 amide bonds. The number of hydrogen-bond donors (Lipinski definition) is 1. The number of alkyl halides is 3. The lowest BCUT2D eigenvalue weighted by molar-refractivity contribution is -0.157. The first-order valence-electron chi connectivity index (χ1n) is 11.4. The number of rotatable bonds is 8. The summed E-state index contributed by atoms with van der Waals surface area (Å²) in [6, 6.07) is 19.4. The lowest BCUT2D eigenvalue weighted by atomic mass is 10.0. The minimum absolute atomic E-state index is 0.160. The van der Waals surface area contributed by atoms with Crippen LogP contribution in [0.4, 0.5) is 13.2 Å². The predicted octanol–water partition coefficient (Wildman–Crippen LogP) is 6.24. The van der Waals surface area contributed by atoms with Crippen LogP contribution in [0.3, 0.4) is 0 Å². The fraction of sp³-hybridized carbons (Fsp3) is 0.286. The summed E-state index contributed by atoms with van der Waals surface area (Å²) in [5.41, 5.74) is 0.784. The second-order valence-corrected chi connectivity index (χ2v) is 9.23. The molecule has 0 fully saturated rings. The van der Waals surface area contributed by atoms with Crippen LogP contribution < -0.4 is 5.32 Å². The van der Waals surface area contributed by atoms with Crippen LogP contribution in [0.1, 0.15) is 59.4 Å². The van der Waals surface area contributed by atoms with Gasteiger partial charge in [0.05, 0.1) is 11.1 Å².